The van der Waals surface area contributed by atoms with Gasteiger partial charge >= 0.3 is 0 Å². The van der Waals surface area contributed by atoms with Gasteiger partial charge in [-0.05, 0) is 35.9 Å². The van der Waals surface area contributed by atoms with Crippen molar-refractivity contribution in [2.45, 2.75) is 6.42 Å². The molecule has 0 aliphatic carbocycles. The molecule has 0 aromatic heterocycles. The fourth-order valence-corrected chi connectivity index (χ4v) is 2.28. The monoisotopic (exact) mass is 362 g/mol. The molecule has 0 radical (unpaired) electrons. The number of aromatic carboxylic acids is 1. The van der Waals surface area contributed by atoms with E-state index in [-0.39, 0.29) is 23.6 Å². The number of carbonyl (C=O) groups excluding carboxylic acids is 2. The SMILES string of the molecule is COc1ccc(CC(=O)Nc2ccc(Br)cc2C(=O)[O-])cc1. The average molecular weight is 363 g/mol. The summed E-state index contributed by atoms with van der Waals surface area (Å²) in [4.78, 5) is 23.1. The van der Waals surface area contributed by atoms with Crippen LogP contribution in [0.25, 0.3) is 0 Å². The van der Waals surface area contributed by atoms with Crippen molar-refractivity contribution < 1.29 is 19.4 Å². The molecule has 0 heterocycles. The van der Waals surface area contributed by atoms with E-state index in [2.05, 4.69) is 21.2 Å². The predicted octanol–water partition coefficient (Wildman–Crippen LogP) is 2.00. The van der Waals surface area contributed by atoms with Crippen LogP contribution >= 0.6 is 15.9 Å². The minimum Gasteiger partial charge on any atom is -0.545 e. The Labute approximate surface area is 136 Å². The molecule has 0 spiro atoms. The van der Waals surface area contributed by atoms with Crippen LogP contribution < -0.4 is 15.2 Å². The van der Waals surface area contributed by atoms with Gasteiger partial charge < -0.3 is 20.0 Å². The molecule has 0 fully saturated rings. The summed E-state index contributed by atoms with van der Waals surface area (Å²) in [6.07, 6.45) is 0.131. The molecular formula is C16H13BrNO4-. The normalized spacial score (nSPS) is 10.1. The first-order chi connectivity index (χ1) is 10.5. The van der Waals surface area contributed by atoms with Gasteiger partial charge in [-0.1, -0.05) is 28.1 Å². The highest BCUT2D eigenvalue weighted by molar-refractivity contribution is 9.10. The molecule has 2 aromatic carbocycles. The summed E-state index contributed by atoms with van der Waals surface area (Å²) in [7, 11) is 1.57. The third-order valence-electron chi connectivity index (χ3n) is 3.00. The van der Waals surface area contributed by atoms with Gasteiger partial charge in [-0.15, -0.1) is 0 Å². The van der Waals surface area contributed by atoms with Crippen molar-refractivity contribution in [2.75, 3.05) is 12.4 Å². The lowest BCUT2D eigenvalue weighted by Gasteiger charge is -2.12. The molecule has 0 atom stereocenters. The van der Waals surface area contributed by atoms with E-state index in [0.717, 1.165) is 5.56 Å². The van der Waals surface area contributed by atoms with Crippen molar-refractivity contribution in [2.24, 2.45) is 0 Å². The highest BCUT2D eigenvalue weighted by atomic mass is 79.9. The fraction of sp³-hybridized carbons (Fsp3) is 0.125. The maximum atomic E-state index is 12.0. The van der Waals surface area contributed by atoms with Crippen LogP contribution in [0.3, 0.4) is 0 Å². The Hall–Kier alpha value is -2.34. The number of halogens is 1. The molecule has 0 saturated carbocycles. The van der Waals surface area contributed by atoms with E-state index in [1.165, 1.54) is 12.1 Å². The lowest BCUT2D eigenvalue weighted by atomic mass is 10.1. The van der Waals surface area contributed by atoms with Gasteiger partial charge in [0.1, 0.15) is 5.75 Å². The largest absolute Gasteiger partial charge is 0.545 e. The number of hydrogen-bond acceptors (Lipinski definition) is 4. The Morgan fingerprint density at radius 3 is 2.45 bits per heavy atom. The highest BCUT2D eigenvalue weighted by Crippen LogP contribution is 2.21. The maximum Gasteiger partial charge on any atom is 0.228 e. The van der Waals surface area contributed by atoms with Crippen LogP contribution in [0.15, 0.2) is 46.9 Å². The van der Waals surface area contributed by atoms with Gasteiger partial charge in [0.05, 0.1) is 19.5 Å². The molecule has 0 aliphatic rings. The Kier molecular flexibility index (Phi) is 5.16. The molecule has 1 amide bonds. The summed E-state index contributed by atoms with van der Waals surface area (Å²) < 4.78 is 5.64. The summed E-state index contributed by atoms with van der Waals surface area (Å²) in [6.45, 7) is 0. The smallest absolute Gasteiger partial charge is 0.228 e. The molecule has 5 nitrogen and oxygen atoms in total. The number of nitrogens with one attached hydrogen (secondary N) is 1. The molecule has 6 heteroatoms. The first-order valence-corrected chi connectivity index (χ1v) is 7.22. The Balaban J connectivity index is 2.10. The summed E-state index contributed by atoms with van der Waals surface area (Å²) in [5.41, 5.74) is 0.935. The third kappa shape index (κ3) is 4.08. The number of anilines is 1. The first-order valence-electron chi connectivity index (χ1n) is 6.43. The van der Waals surface area contributed by atoms with E-state index in [1.54, 1.807) is 37.4 Å². The third-order valence-corrected chi connectivity index (χ3v) is 3.49. The zero-order valence-corrected chi connectivity index (χ0v) is 13.3. The maximum absolute atomic E-state index is 12.0. The van der Waals surface area contributed by atoms with Gasteiger partial charge in [0, 0.05) is 15.7 Å². The van der Waals surface area contributed by atoms with E-state index in [4.69, 9.17) is 4.74 Å². The quantitative estimate of drug-likeness (QED) is 0.882. The van der Waals surface area contributed by atoms with E-state index in [0.29, 0.717) is 10.2 Å². The van der Waals surface area contributed by atoms with Crippen LogP contribution in [0.5, 0.6) is 5.75 Å². The Morgan fingerprint density at radius 1 is 1.18 bits per heavy atom. The number of rotatable bonds is 5. The van der Waals surface area contributed by atoms with Crippen molar-refractivity contribution in [3.8, 4) is 5.75 Å². The van der Waals surface area contributed by atoms with Crippen LogP contribution in [-0.2, 0) is 11.2 Å². The van der Waals surface area contributed by atoms with Gasteiger partial charge in [0.25, 0.3) is 0 Å². The molecule has 0 unspecified atom stereocenters. The van der Waals surface area contributed by atoms with Crippen LogP contribution in [0, 0.1) is 0 Å². The molecule has 2 aromatic rings. The second-order valence-corrected chi connectivity index (χ2v) is 5.47. The lowest BCUT2D eigenvalue weighted by molar-refractivity contribution is -0.254. The number of carboxylic acids is 1. The van der Waals surface area contributed by atoms with Crippen LogP contribution in [0.1, 0.15) is 15.9 Å². The fourth-order valence-electron chi connectivity index (χ4n) is 1.92. The number of methoxy groups -OCH3 is 1. The molecule has 0 bridgehead atoms. The molecule has 22 heavy (non-hydrogen) atoms. The van der Waals surface area contributed by atoms with E-state index in [1.807, 2.05) is 0 Å². The van der Waals surface area contributed by atoms with Crippen molar-refractivity contribution in [3.63, 3.8) is 0 Å². The topological polar surface area (TPSA) is 78.5 Å². The van der Waals surface area contributed by atoms with Gasteiger partial charge in [0.15, 0.2) is 0 Å². The number of carbonyl (C=O) groups is 2. The number of benzene rings is 2. The number of ether oxygens (including phenoxy) is 1. The van der Waals surface area contributed by atoms with Crippen molar-refractivity contribution in [1.29, 1.82) is 0 Å². The van der Waals surface area contributed by atoms with Crippen molar-refractivity contribution >= 4 is 33.5 Å². The standard InChI is InChI=1S/C16H14BrNO4/c1-22-12-5-2-10(3-6-12)8-15(19)18-14-7-4-11(17)9-13(14)16(20)21/h2-7,9H,8H2,1H3,(H,18,19)(H,20,21)/p-1. The summed E-state index contributed by atoms with van der Waals surface area (Å²) >= 11 is 3.18. The molecule has 2 rings (SSSR count). The van der Waals surface area contributed by atoms with Crippen LogP contribution in [-0.4, -0.2) is 19.0 Å². The predicted molar refractivity (Wildman–Crippen MR) is 83.8 cm³/mol. The second-order valence-electron chi connectivity index (χ2n) is 4.55. The second kappa shape index (κ2) is 7.09. The van der Waals surface area contributed by atoms with Crippen LogP contribution in [0.4, 0.5) is 5.69 Å². The number of hydrogen-bond donors (Lipinski definition) is 1. The summed E-state index contributed by atoms with van der Waals surface area (Å²) in [5, 5.41) is 13.7. The van der Waals surface area contributed by atoms with E-state index in [9.17, 15) is 14.7 Å². The van der Waals surface area contributed by atoms with Gasteiger partial charge in [-0.3, -0.25) is 4.79 Å². The molecule has 114 valence electrons. The zero-order valence-electron chi connectivity index (χ0n) is 11.8. The zero-order chi connectivity index (χ0) is 16.1. The number of amides is 1. The van der Waals surface area contributed by atoms with Crippen molar-refractivity contribution in [3.05, 3.63) is 58.1 Å². The van der Waals surface area contributed by atoms with Crippen LogP contribution in [0.2, 0.25) is 0 Å². The van der Waals surface area contributed by atoms with E-state index < -0.39 is 5.97 Å². The van der Waals surface area contributed by atoms with E-state index >= 15 is 0 Å². The number of carboxylic acid groups (broad SMARTS) is 1. The Morgan fingerprint density at radius 2 is 1.86 bits per heavy atom. The van der Waals surface area contributed by atoms with Gasteiger partial charge in [0.2, 0.25) is 5.91 Å². The molecule has 0 aliphatic heterocycles. The summed E-state index contributed by atoms with van der Waals surface area (Å²) in [6, 6.07) is 11.6. The van der Waals surface area contributed by atoms with Crippen molar-refractivity contribution in [1.82, 2.24) is 0 Å². The lowest BCUT2D eigenvalue weighted by Crippen LogP contribution is -2.25. The molecule has 1 N–H and O–H groups in total. The Bertz CT molecular complexity index is 698. The van der Waals surface area contributed by atoms with Gasteiger partial charge in [-0.2, -0.15) is 0 Å². The average Bonchev–Trinajstić information content (AvgIpc) is 2.49. The molecular weight excluding hydrogens is 350 g/mol. The minimum absolute atomic E-state index is 0.0718. The summed E-state index contributed by atoms with van der Waals surface area (Å²) in [5.74, 6) is -0.952. The minimum atomic E-state index is -1.35. The first kappa shape index (κ1) is 16.0. The highest BCUT2D eigenvalue weighted by Gasteiger charge is 2.09. The van der Waals surface area contributed by atoms with Gasteiger partial charge in [-0.25, -0.2) is 0 Å². The molecule has 0 saturated heterocycles.